The topological polar surface area (TPSA) is 423 Å². The molecule has 0 bridgehead atoms. The summed E-state index contributed by atoms with van der Waals surface area (Å²) in [6.07, 6.45) is 22.9. The van der Waals surface area contributed by atoms with Gasteiger partial charge in [0.1, 0.15) is 49.5 Å². The Hall–Kier alpha value is -11.4. The first-order valence-corrected chi connectivity index (χ1v) is 45.8. The number of carbonyl (C=O) groups excluding carboxylic acids is 6. The summed E-state index contributed by atoms with van der Waals surface area (Å²) in [4.78, 5) is 98.6. The molecular weight excluding hydrogens is 1660 g/mol. The Morgan fingerprint density at radius 1 is 0.431 bits per heavy atom. The van der Waals surface area contributed by atoms with E-state index >= 15 is 0 Å². The molecule has 8 saturated heterocycles. The Kier molecular flexibility index (Phi) is 26.8. The molecule has 5 atom stereocenters. The quantitative estimate of drug-likeness (QED) is 0.0577. The van der Waals surface area contributed by atoms with E-state index in [2.05, 4.69) is 131 Å². The number of ether oxygens (including phenoxy) is 2. The predicted molar refractivity (Wildman–Crippen MR) is 471 cm³/mol. The van der Waals surface area contributed by atoms with Gasteiger partial charge in [0, 0.05) is 106 Å². The molecule has 13 aliphatic rings. The number of esters is 1. The molecule has 1 aromatic carbocycles. The number of ketones is 1. The number of morpholine rings is 1. The third-order valence-electron chi connectivity index (χ3n) is 29.7. The Morgan fingerprint density at radius 2 is 0.892 bits per heavy atom. The lowest BCUT2D eigenvalue weighted by Gasteiger charge is -2.47. The summed E-state index contributed by atoms with van der Waals surface area (Å²) in [6, 6.07) is 14.1. The Morgan fingerprint density at radius 3 is 1.36 bits per heavy atom. The van der Waals surface area contributed by atoms with Crippen molar-refractivity contribution in [2.45, 2.75) is 199 Å². The van der Waals surface area contributed by atoms with Crippen molar-refractivity contribution in [3.8, 4) is 17.3 Å². The fourth-order valence-electron chi connectivity index (χ4n) is 21.4. The van der Waals surface area contributed by atoms with Crippen molar-refractivity contribution in [3.05, 3.63) is 195 Å². The molecule has 9 aliphatic heterocycles. The third-order valence-corrected chi connectivity index (χ3v) is 29.7. The smallest absolute Gasteiger partial charge is 0.338 e. The van der Waals surface area contributed by atoms with Gasteiger partial charge >= 0.3 is 5.97 Å². The van der Waals surface area contributed by atoms with Gasteiger partial charge in [0.15, 0.2) is 17.4 Å². The number of aromatic nitrogens is 17. The number of nitrogens with zero attached hydrogens (tertiary/aromatic N) is 25. The van der Waals surface area contributed by atoms with Crippen LogP contribution in [0.1, 0.15) is 224 Å². The van der Waals surface area contributed by atoms with Crippen LogP contribution in [0.3, 0.4) is 0 Å². The number of piperidine rings is 4. The highest BCUT2D eigenvalue weighted by atomic mass is 16.5. The van der Waals surface area contributed by atoms with Crippen LogP contribution in [0.2, 0.25) is 0 Å². The van der Waals surface area contributed by atoms with Gasteiger partial charge in [-0.2, -0.15) is 24.2 Å². The van der Waals surface area contributed by atoms with Gasteiger partial charge in [0.05, 0.1) is 63.5 Å². The van der Waals surface area contributed by atoms with Crippen LogP contribution in [0.15, 0.2) is 156 Å². The van der Waals surface area contributed by atoms with E-state index in [4.69, 9.17) is 9.47 Å². The first-order valence-electron chi connectivity index (χ1n) is 45.8. The average Bonchev–Trinajstić information content (AvgIpc) is 1.51. The molecule has 6 aromatic heterocycles. The Labute approximate surface area is 754 Å². The predicted octanol–water partition coefficient (Wildman–Crippen LogP) is 7.30. The number of benzene rings is 1. The fourth-order valence-corrected chi connectivity index (χ4v) is 21.4. The average molecular weight is 1780 g/mol. The van der Waals surface area contributed by atoms with E-state index in [9.17, 15) is 49.2 Å². The maximum absolute atomic E-state index is 13.5. The SMILES string of the molecule is C=C1C=C(N2CCCC3(CCN(CC(O)c4ccc(-n5cnnn5)cn4)CC3)C2=O)CC1.C=C1CCC(N2CCC3(CCCN(CC(O)c4ccc(-n5cnnn5)nn4)CC3)C2=O)=C1C.C=C1CCC(N2CCOC3(CCN(C[C@H](O)c4ccc5c(c4C)COC5=O)CC3)C2=O)=C1C.CC1=C(N2CCC3(CCN(CC(O)c4ccc(-n5cnnn5)nn4)CC3)C2=O)CCC1=O. The number of aliphatic hydroxyl groups is 4. The molecule has 15 heterocycles. The number of tetrazole rings is 3. The van der Waals surface area contributed by atoms with Crippen LogP contribution in [-0.2, 0) is 40.1 Å². The normalized spacial score (nSPS) is 23.5. The summed E-state index contributed by atoms with van der Waals surface area (Å²) in [6.45, 7) is 32.0. The molecule has 8 fully saturated rings. The number of hydrogen-bond acceptors (Lipinski definition) is 30. The number of β-amino-alcohol motifs (C(OH)–C–C–N with tert-alkyl or cyclic N) is 4. The summed E-state index contributed by atoms with van der Waals surface area (Å²) in [5.74, 6) is 1.67. The van der Waals surface area contributed by atoms with Gasteiger partial charge in [0.25, 0.3) is 5.91 Å². The summed E-state index contributed by atoms with van der Waals surface area (Å²) >= 11 is 0. The van der Waals surface area contributed by atoms with Crippen molar-refractivity contribution in [1.29, 1.82) is 0 Å². The van der Waals surface area contributed by atoms with Crippen LogP contribution in [0.25, 0.3) is 17.3 Å². The Bertz CT molecular complexity index is 5520. The molecule has 0 saturated carbocycles. The molecule has 20 rings (SSSR count). The third kappa shape index (κ3) is 18.7. The minimum Gasteiger partial charge on any atom is -0.457 e. The van der Waals surface area contributed by atoms with Gasteiger partial charge < -0.3 is 69.1 Å². The van der Waals surface area contributed by atoms with Crippen molar-refractivity contribution >= 4 is 35.4 Å². The minimum atomic E-state index is -0.771. The number of fused-ring (bicyclic) bond motifs is 1. The number of allylic oxidation sites excluding steroid dienone is 11. The summed E-state index contributed by atoms with van der Waals surface area (Å²) in [5, 5.41) is 92.5. The standard InChI is InChI=1S/C26H32N2O5.C23H30N8O2.C23H29N7O2.C21H26N8O3/c1-16-4-7-22(17(16)2)28-12-13-33-26(25(28)31)8-10-27(11-9-26)14-23(29)19-5-6-20-21(18(19)3)15-32-24(20)30;1-16-4-6-19(17(16)2)30-13-10-23(22(30)33)8-3-11-29(12-9-23)14-20(32)18-5-7-21(26-25-18)31-15-24-27-28-31;1-17-3-4-18(13-17)29-10-2-7-23(22(29)32)8-11-28(12-9-23)15-21(31)20-6-5-19(14-24-20)30-16-25-26-27-30;1-14-16(3-4-17(14)30)28-11-8-21(20(28)32)6-9-27(10-7-21)12-18(31)15-2-5-19(24-23-15)29-13-22-25-26-29/h5-6,23,29H,1,4,7-15H2,2-3H3;5,7,15,20,32H,1,3-4,6,8-14H2,2H3;5-6,13-14,16,21,31H,1-4,7-12,15H2;2,5,13,18,31H,3-4,6-12H2,1H3/t23-;;;/m0.../s1. The molecule has 686 valence electrons. The molecular formula is C93H117N25O12. The van der Waals surface area contributed by atoms with Gasteiger partial charge in [-0.15, -0.1) is 25.5 Å². The maximum atomic E-state index is 13.5. The van der Waals surface area contributed by atoms with Gasteiger partial charge in [0.2, 0.25) is 17.7 Å². The lowest BCUT2D eigenvalue weighted by Crippen LogP contribution is -2.60. The molecule has 4 unspecified atom stereocenters. The number of likely N-dealkylation sites (tertiary alicyclic amines) is 7. The number of Topliss-reactive ketones (excluding diaryl/α,β-unsaturated/α-hetero) is 1. The number of hydrogen-bond donors (Lipinski definition) is 4. The largest absolute Gasteiger partial charge is 0.457 e. The van der Waals surface area contributed by atoms with Gasteiger partial charge in [-0.3, -0.25) is 29.0 Å². The zero-order chi connectivity index (χ0) is 90.8. The van der Waals surface area contributed by atoms with Crippen molar-refractivity contribution < 1.29 is 58.7 Å². The van der Waals surface area contributed by atoms with E-state index in [0.29, 0.717) is 125 Å². The van der Waals surface area contributed by atoms with E-state index in [1.807, 2.05) is 45.6 Å². The molecule has 7 aromatic rings. The summed E-state index contributed by atoms with van der Waals surface area (Å²) in [7, 11) is 0. The molecule has 0 radical (unpaired) electrons. The summed E-state index contributed by atoms with van der Waals surface area (Å²) in [5.41, 5.74) is 14.8. The number of rotatable bonds is 19. The second-order valence-corrected chi connectivity index (χ2v) is 37.1. The number of pyridine rings is 1. The van der Waals surface area contributed by atoms with Crippen molar-refractivity contribution in [2.24, 2.45) is 16.2 Å². The van der Waals surface area contributed by atoms with E-state index in [-0.39, 0.29) is 52.3 Å². The van der Waals surface area contributed by atoms with Crippen molar-refractivity contribution in [3.63, 3.8) is 0 Å². The van der Waals surface area contributed by atoms with E-state index < -0.39 is 30.0 Å². The molecule has 130 heavy (non-hydrogen) atoms. The number of aliphatic hydroxyl groups excluding tert-OH is 4. The highest BCUT2D eigenvalue weighted by Crippen LogP contribution is 2.49. The molecule has 4 amide bonds. The molecule has 37 heteroatoms. The van der Waals surface area contributed by atoms with Crippen LogP contribution in [-0.4, -0.2) is 298 Å². The zero-order valence-electron chi connectivity index (χ0n) is 74.7. The van der Waals surface area contributed by atoms with Gasteiger partial charge in [-0.1, -0.05) is 42.5 Å². The summed E-state index contributed by atoms with van der Waals surface area (Å²) < 4.78 is 15.6. The lowest BCUT2D eigenvalue weighted by atomic mass is 9.71. The first kappa shape index (κ1) is 90.5. The number of carbonyl (C=O) groups is 6. The maximum Gasteiger partial charge on any atom is 0.338 e. The van der Waals surface area contributed by atoms with Crippen LogP contribution >= 0.6 is 0 Å². The van der Waals surface area contributed by atoms with Crippen LogP contribution in [0.5, 0.6) is 0 Å². The molecule has 4 aliphatic carbocycles. The van der Waals surface area contributed by atoms with Crippen LogP contribution < -0.4 is 0 Å². The zero-order valence-corrected chi connectivity index (χ0v) is 74.7. The van der Waals surface area contributed by atoms with Crippen molar-refractivity contribution in [2.75, 3.05) is 111 Å². The fraction of sp³-hybridized carbons (Fsp3) is 0.548. The second-order valence-electron chi connectivity index (χ2n) is 37.1. The minimum absolute atomic E-state index is 0.0807. The van der Waals surface area contributed by atoms with Gasteiger partial charge in [-0.05, 0) is 297 Å². The second kappa shape index (κ2) is 38.6. The van der Waals surface area contributed by atoms with E-state index in [1.54, 1.807) is 42.6 Å². The number of cyclic esters (lactones) is 1. The Balaban J connectivity index is 0.000000121. The molecule has 4 N–H and O–H groups in total. The number of amides is 4. The van der Waals surface area contributed by atoms with Gasteiger partial charge in [-0.25, -0.2) is 4.79 Å². The molecule has 37 nitrogen and oxygen atoms in total. The first-order chi connectivity index (χ1) is 62.8. The molecule has 4 spiro atoms. The highest BCUT2D eigenvalue weighted by molar-refractivity contribution is 6.00. The van der Waals surface area contributed by atoms with Crippen LogP contribution in [0.4, 0.5) is 0 Å². The highest BCUT2D eigenvalue weighted by Gasteiger charge is 2.53. The van der Waals surface area contributed by atoms with Crippen LogP contribution in [0, 0.1) is 23.2 Å². The van der Waals surface area contributed by atoms with E-state index in [0.717, 1.165) is 229 Å². The lowest BCUT2D eigenvalue weighted by molar-refractivity contribution is -0.177. The van der Waals surface area contributed by atoms with E-state index in [1.165, 1.54) is 44.3 Å². The monoisotopic (exact) mass is 1780 g/mol. The van der Waals surface area contributed by atoms with Crippen molar-refractivity contribution in [1.82, 2.24) is 125 Å².